The molecule has 0 aliphatic carbocycles. The number of hydrogen-bond donors (Lipinski definition) is 2. The molecule has 1 fully saturated rings. The van der Waals surface area contributed by atoms with Crippen LogP contribution >= 0.6 is 0 Å². The maximum Gasteiger partial charge on any atom is 0.317 e. The molecule has 0 spiro atoms. The van der Waals surface area contributed by atoms with Crippen molar-refractivity contribution in [3.05, 3.63) is 47.5 Å². The summed E-state index contributed by atoms with van der Waals surface area (Å²) in [7, 11) is 0. The predicted molar refractivity (Wildman–Crippen MR) is 106 cm³/mol. The monoisotopic (exact) mass is 396 g/mol. The number of nitrogens with zero attached hydrogens (tertiary/aromatic N) is 4. The standard InChI is InChI=1S/C20H24N6O3/c1-12-15-5-3-4-6-17(15)29-18(12)13(2)22-20(28)25-9-7-14(8-10-25)26-11-16(19(21)27)23-24-26/h3-6,11,13-14H,7-10H2,1-2H3,(H2,21,27)(H,22,28)/t13-/m0/s1. The van der Waals surface area contributed by atoms with Crippen molar-refractivity contribution in [1.29, 1.82) is 0 Å². The molecule has 3 aromatic rings. The van der Waals surface area contributed by atoms with Gasteiger partial charge in [0.05, 0.1) is 18.3 Å². The van der Waals surface area contributed by atoms with Gasteiger partial charge in [0.1, 0.15) is 11.3 Å². The Bertz CT molecular complexity index is 1050. The van der Waals surface area contributed by atoms with Crippen molar-refractivity contribution in [2.45, 2.75) is 38.8 Å². The molecule has 3 heterocycles. The zero-order valence-corrected chi connectivity index (χ0v) is 16.5. The van der Waals surface area contributed by atoms with E-state index in [1.54, 1.807) is 15.8 Å². The molecule has 0 saturated carbocycles. The van der Waals surface area contributed by atoms with Crippen LogP contribution in [0, 0.1) is 6.92 Å². The lowest BCUT2D eigenvalue weighted by Gasteiger charge is -2.32. The number of aryl methyl sites for hydroxylation is 1. The van der Waals surface area contributed by atoms with E-state index in [4.69, 9.17) is 10.2 Å². The number of hydrogen-bond acceptors (Lipinski definition) is 5. The normalized spacial score (nSPS) is 16.1. The van der Waals surface area contributed by atoms with E-state index in [9.17, 15) is 9.59 Å². The van der Waals surface area contributed by atoms with Crippen LogP contribution in [0.1, 0.15) is 53.7 Å². The molecule has 0 bridgehead atoms. The molecule has 0 radical (unpaired) electrons. The Morgan fingerprint density at radius 1 is 1.28 bits per heavy atom. The van der Waals surface area contributed by atoms with Crippen LogP contribution in [0.2, 0.25) is 0 Å². The number of likely N-dealkylation sites (tertiary alicyclic amines) is 1. The highest BCUT2D eigenvalue weighted by Gasteiger charge is 2.27. The largest absolute Gasteiger partial charge is 0.459 e. The maximum absolute atomic E-state index is 12.7. The van der Waals surface area contributed by atoms with Gasteiger partial charge >= 0.3 is 6.03 Å². The topological polar surface area (TPSA) is 119 Å². The van der Waals surface area contributed by atoms with Crippen LogP contribution in [0.15, 0.2) is 34.9 Å². The van der Waals surface area contributed by atoms with E-state index in [1.165, 1.54) is 0 Å². The Morgan fingerprint density at radius 2 is 2.00 bits per heavy atom. The summed E-state index contributed by atoms with van der Waals surface area (Å²) in [5.41, 5.74) is 7.25. The first-order valence-corrected chi connectivity index (χ1v) is 9.69. The van der Waals surface area contributed by atoms with E-state index in [0.717, 1.165) is 35.1 Å². The Labute approximate surface area is 167 Å². The molecule has 9 nitrogen and oxygen atoms in total. The number of para-hydroxylation sites is 1. The number of furan rings is 1. The van der Waals surface area contributed by atoms with Crippen LogP contribution in [0.5, 0.6) is 0 Å². The number of piperidine rings is 1. The molecule has 4 rings (SSSR count). The van der Waals surface area contributed by atoms with Gasteiger partial charge in [-0.2, -0.15) is 0 Å². The fourth-order valence-corrected chi connectivity index (χ4v) is 3.85. The van der Waals surface area contributed by atoms with E-state index < -0.39 is 5.91 Å². The van der Waals surface area contributed by atoms with Gasteiger partial charge in [-0.25, -0.2) is 9.48 Å². The van der Waals surface area contributed by atoms with Gasteiger partial charge in [-0.05, 0) is 32.8 Å². The highest BCUT2D eigenvalue weighted by atomic mass is 16.3. The van der Waals surface area contributed by atoms with Crippen molar-refractivity contribution in [3.8, 4) is 0 Å². The molecule has 1 atom stereocenters. The number of benzene rings is 1. The number of carbonyl (C=O) groups is 2. The summed E-state index contributed by atoms with van der Waals surface area (Å²) in [5.74, 6) is 0.180. The fraction of sp³-hybridized carbons (Fsp3) is 0.400. The first-order chi connectivity index (χ1) is 13.9. The smallest absolute Gasteiger partial charge is 0.317 e. The zero-order valence-electron chi connectivity index (χ0n) is 16.5. The maximum atomic E-state index is 12.7. The Hall–Kier alpha value is -3.36. The van der Waals surface area contributed by atoms with E-state index >= 15 is 0 Å². The van der Waals surface area contributed by atoms with Crippen molar-refractivity contribution in [3.63, 3.8) is 0 Å². The summed E-state index contributed by atoms with van der Waals surface area (Å²) < 4.78 is 7.62. The van der Waals surface area contributed by atoms with Crippen molar-refractivity contribution in [2.24, 2.45) is 5.73 Å². The number of primary amides is 1. The minimum Gasteiger partial charge on any atom is -0.459 e. The number of carbonyl (C=O) groups excluding carboxylic acids is 2. The SMILES string of the molecule is Cc1c([C@H](C)NC(=O)N2CCC(n3cc(C(N)=O)nn3)CC2)oc2ccccc12. The fourth-order valence-electron chi connectivity index (χ4n) is 3.85. The first-order valence-electron chi connectivity index (χ1n) is 9.69. The second kappa shape index (κ2) is 7.57. The average molecular weight is 396 g/mol. The first kappa shape index (κ1) is 19.0. The van der Waals surface area contributed by atoms with Crippen molar-refractivity contribution in [1.82, 2.24) is 25.2 Å². The minimum absolute atomic E-state index is 0.0923. The summed E-state index contributed by atoms with van der Waals surface area (Å²) in [4.78, 5) is 25.7. The van der Waals surface area contributed by atoms with Gasteiger partial charge in [-0.3, -0.25) is 4.79 Å². The van der Waals surface area contributed by atoms with Crippen LogP contribution in [0.25, 0.3) is 11.0 Å². The van der Waals surface area contributed by atoms with Gasteiger partial charge in [-0.15, -0.1) is 5.10 Å². The third-order valence-electron chi connectivity index (χ3n) is 5.50. The molecule has 3 N–H and O–H groups in total. The molecule has 3 amide bonds. The summed E-state index contributed by atoms with van der Waals surface area (Å²) in [6.45, 7) is 5.12. The van der Waals surface area contributed by atoms with Gasteiger partial charge in [0.2, 0.25) is 0 Å². The van der Waals surface area contributed by atoms with Gasteiger partial charge in [-0.1, -0.05) is 23.4 Å². The highest BCUT2D eigenvalue weighted by Crippen LogP contribution is 2.29. The summed E-state index contributed by atoms with van der Waals surface area (Å²) in [6, 6.07) is 7.60. The minimum atomic E-state index is -0.595. The van der Waals surface area contributed by atoms with Gasteiger partial charge in [0.15, 0.2) is 5.69 Å². The Kier molecular flexibility index (Phi) is 4.96. The quantitative estimate of drug-likeness (QED) is 0.702. The number of amides is 3. The number of rotatable bonds is 4. The number of nitrogens with one attached hydrogen (secondary N) is 1. The third-order valence-corrected chi connectivity index (χ3v) is 5.50. The summed E-state index contributed by atoms with van der Waals surface area (Å²) in [6.07, 6.45) is 3.02. The second-order valence-electron chi connectivity index (χ2n) is 7.42. The lowest BCUT2D eigenvalue weighted by Crippen LogP contribution is -2.45. The van der Waals surface area contributed by atoms with E-state index in [2.05, 4.69) is 15.6 Å². The molecule has 29 heavy (non-hydrogen) atoms. The van der Waals surface area contributed by atoms with Crippen LogP contribution < -0.4 is 11.1 Å². The molecule has 9 heteroatoms. The lowest BCUT2D eigenvalue weighted by atomic mass is 10.1. The molecular weight excluding hydrogens is 372 g/mol. The van der Waals surface area contributed by atoms with E-state index in [0.29, 0.717) is 13.1 Å². The third kappa shape index (κ3) is 3.67. The predicted octanol–water partition coefficient (Wildman–Crippen LogP) is 2.54. The van der Waals surface area contributed by atoms with E-state index in [1.807, 2.05) is 38.1 Å². The van der Waals surface area contributed by atoms with Gasteiger partial charge in [0, 0.05) is 24.0 Å². The van der Waals surface area contributed by atoms with Gasteiger partial charge in [0.25, 0.3) is 5.91 Å². The summed E-state index contributed by atoms with van der Waals surface area (Å²) in [5, 5.41) is 11.9. The summed E-state index contributed by atoms with van der Waals surface area (Å²) >= 11 is 0. The molecule has 1 saturated heterocycles. The number of urea groups is 1. The highest BCUT2D eigenvalue weighted by molar-refractivity contribution is 5.90. The lowest BCUT2D eigenvalue weighted by molar-refractivity contribution is 0.0995. The zero-order chi connectivity index (χ0) is 20.5. The number of fused-ring (bicyclic) bond motifs is 1. The molecule has 1 aromatic carbocycles. The van der Waals surface area contributed by atoms with Crippen LogP contribution in [0.4, 0.5) is 4.79 Å². The van der Waals surface area contributed by atoms with E-state index in [-0.39, 0.29) is 23.8 Å². The molecule has 1 aliphatic heterocycles. The number of aromatic nitrogens is 3. The molecular formula is C20H24N6O3. The molecule has 2 aromatic heterocycles. The molecule has 152 valence electrons. The van der Waals surface area contributed by atoms with Crippen LogP contribution in [-0.4, -0.2) is 44.9 Å². The van der Waals surface area contributed by atoms with Crippen LogP contribution in [0.3, 0.4) is 0 Å². The second-order valence-corrected chi connectivity index (χ2v) is 7.42. The number of nitrogens with two attached hydrogens (primary N) is 1. The van der Waals surface area contributed by atoms with Gasteiger partial charge < -0.3 is 20.4 Å². The van der Waals surface area contributed by atoms with Crippen molar-refractivity contribution < 1.29 is 14.0 Å². The van der Waals surface area contributed by atoms with Crippen molar-refractivity contribution in [2.75, 3.05) is 13.1 Å². The average Bonchev–Trinajstić information content (AvgIpc) is 3.34. The van der Waals surface area contributed by atoms with Crippen LogP contribution in [-0.2, 0) is 0 Å². The van der Waals surface area contributed by atoms with Crippen molar-refractivity contribution >= 4 is 22.9 Å². The molecule has 1 aliphatic rings. The Morgan fingerprint density at radius 3 is 2.66 bits per heavy atom. The Balaban J connectivity index is 1.36. The molecule has 0 unspecified atom stereocenters.